The van der Waals surface area contributed by atoms with E-state index in [2.05, 4.69) is 15.1 Å². The van der Waals surface area contributed by atoms with Crippen molar-refractivity contribution in [3.05, 3.63) is 5.89 Å². The molecule has 4 rings (SSSR count). The van der Waals surface area contributed by atoms with Crippen molar-refractivity contribution in [2.75, 3.05) is 44.3 Å². The number of carbonyl (C=O) groups is 1. The number of amides is 1. The van der Waals surface area contributed by atoms with Crippen LogP contribution in [0.3, 0.4) is 0 Å². The third kappa shape index (κ3) is 3.00. The minimum absolute atomic E-state index is 0.112. The van der Waals surface area contributed by atoms with Crippen LogP contribution in [0.15, 0.2) is 4.42 Å². The van der Waals surface area contributed by atoms with Crippen LogP contribution in [-0.4, -0.2) is 72.1 Å². The van der Waals surface area contributed by atoms with Crippen LogP contribution in [0.5, 0.6) is 0 Å². The van der Waals surface area contributed by atoms with Crippen LogP contribution >= 0.6 is 0 Å². The molecule has 24 heavy (non-hydrogen) atoms. The Morgan fingerprint density at radius 2 is 2.12 bits per heavy atom. The Bertz CT molecular complexity index is 597. The van der Waals surface area contributed by atoms with Gasteiger partial charge in [-0.2, -0.15) is 0 Å². The van der Waals surface area contributed by atoms with Crippen LogP contribution in [0, 0.1) is 6.92 Å². The lowest BCUT2D eigenvalue weighted by molar-refractivity contribution is -0.160. The maximum Gasteiger partial charge on any atom is 0.318 e. The zero-order chi connectivity index (χ0) is 16.6. The number of rotatable bonds is 2. The zero-order valence-electron chi connectivity index (χ0n) is 14.1. The number of hydrogen-bond donors (Lipinski definition) is 0. The Morgan fingerprint density at radius 1 is 1.21 bits per heavy atom. The molecule has 0 aliphatic carbocycles. The molecule has 3 aliphatic rings. The largest absolute Gasteiger partial charge is 0.408 e. The highest BCUT2D eigenvalue weighted by Gasteiger charge is 2.44. The maximum atomic E-state index is 12.7. The van der Waals surface area contributed by atoms with Gasteiger partial charge in [0.15, 0.2) is 0 Å². The first-order valence-electron chi connectivity index (χ1n) is 8.75. The SMILES string of the molecule is Cc1nnc(N2CCCC3(CN(C(=O)[C@H]4CCCO4)CCO3)C2)o1. The van der Waals surface area contributed by atoms with E-state index < -0.39 is 0 Å². The lowest BCUT2D eigenvalue weighted by Gasteiger charge is -2.47. The van der Waals surface area contributed by atoms with Gasteiger partial charge in [0, 0.05) is 26.6 Å². The summed E-state index contributed by atoms with van der Waals surface area (Å²) >= 11 is 0. The highest BCUT2D eigenvalue weighted by molar-refractivity contribution is 5.81. The van der Waals surface area contributed by atoms with Gasteiger partial charge in [-0.1, -0.05) is 5.10 Å². The van der Waals surface area contributed by atoms with Crippen molar-refractivity contribution in [2.24, 2.45) is 0 Å². The summed E-state index contributed by atoms with van der Waals surface area (Å²) in [5.41, 5.74) is -0.354. The average molecular weight is 336 g/mol. The summed E-state index contributed by atoms with van der Waals surface area (Å²) in [4.78, 5) is 16.7. The summed E-state index contributed by atoms with van der Waals surface area (Å²) in [5, 5.41) is 8.03. The molecule has 4 heterocycles. The van der Waals surface area contributed by atoms with Gasteiger partial charge in [-0.05, 0) is 25.7 Å². The van der Waals surface area contributed by atoms with Gasteiger partial charge in [0.05, 0.1) is 19.7 Å². The number of piperidine rings is 1. The van der Waals surface area contributed by atoms with Crippen LogP contribution in [-0.2, 0) is 14.3 Å². The van der Waals surface area contributed by atoms with E-state index in [9.17, 15) is 4.79 Å². The maximum absolute atomic E-state index is 12.7. The summed E-state index contributed by atoms with van der Waals surface area (Å²) in [6.07, 6.45) is 3.45. The quantitative estimate of drug-likeness (QED) is 0.788. The molecule has 1 aromatic heterocycles. The lowest BCUT2D eigenvalue weighted by atomic mass is 9.90. The molecule has 1 spiro atoms. The van der Waals surface area contributed by atoms with E-state index in [1.54, 1.807) is 6.92 Å². The summed E-state index contributed by atoms with van der Waals surface area (Å²) in [7, 11) is 0. The number of anilines is 1. The lowest BCUT2D eigenvalue weighted by Crippen LogP contribution is -2.61. The Kier molecular flexibility index (Phi) is 4.17. The standard InChI is InChI=1S/C16H24N4O4/c1-12-17-18-15(24-12)20-6-3-5-16(11-20)10-19(7-9-23-16)14(21)13-4-2-8-22-13/h13H,2-11H2,1H3/t13-,16?/m1/s1. The average Bonchev–Trinajstić information content (AvgIpc) is 3.26. The van der Waals surface area contributed by atoms with E-state index in [-0.39, 0.29) is 17.6 Å². The van der Waals surface area contributed by atoms with Crippen molar-refractivity contribution < 1.29 is 18.7 Å². The molecule has 3 aliphatic heterocycles. The number of aryl methyl sites for hydroxylation is 1. The monoisotopic (exact) mass is 336 g/mol. The second-order valence-electron chi connectivity index (χ2n) is 6.92. The fourth-order valence-electron chi connectivity index (χ4n) is 3.93. The molecule has 1 unspecified atom stereocenters. The van der Waals surface area contributed by atoms with Crippen molar-refractivity contribution in [1.29, 1.82) is 0 Å². The van der Waals surface area contributed by atoms with E-state index in [0.717, 1.165) is 32.2 Å². The molecule has 0 saturated carbocycles. The molecular weight excluding hydrogens is 312 g/mol. The van der Waals surface area contributed by atoms with Crippen LogP contribution < -0.4 is 4.90 Å². The molecular formula is C16H24N4O4. The van der Waals surface area contributed by atoms with Gasteiger partial charge in [0.25, 0.3) is 5.91 Å². The van der Waals surface area contributed by atoms with Crippen molar-refractivity contribution >= 4 is 11.9 Å². The molecule has 0 aromatic carbocycles. The molecule has 3 saturated heterocycles. The predicted octanol–water partition coefficient (Wildman–Crippen LogP) is 0.755. The summed E-state index contributed by atoms with van der Waals surface area (Å²) in [6.45, 7) is 5.83. The summed E-state index contributed by atoms with van der Waals surface area (Å²) in [5.74, 6) is 0.672. The van der Waals surface area contributed by atoms with Crippen LogP contribution in [0.2, 0.25) is 0 Å². The van der Waals surface area contributed by atoms with E-state index >= 15 is 0 Å². The first kappa shape index (κ1) is 15.8. The van der Waals surface area contributed by atoms with Crippen LogP contribution in [0.25, 0.3) is 0 Å². The van der Waals surface area contributed by atoms with Crippen LogP contribution in [0.1, 0.15) is 31.6 Å². The Balaban J connectivity index is 1.46. The number of nitrogens with zero attached hydrogens (tertiary/aromatic N) is 4. The van der Waals surface area contributed by atoms with E-state index in [0.29, 0.717) is 44.8 Å². The van der Waals surface area contributed by atoms with Crippen molar-refractivity contribution in [1.82, 2.24) is 15.1 Å². The predicted molar refractivity (Wildman–Crippen MR) is 84.7 cm³/mol. The molecule has 1 amide bonds. The first-order valence-corrected chi connectivity index (χ1v) is 8.75. The smallest absolute Gasteiger partial charge is 0.318 e. The molecule has 0 N–H and O–H groups in total. The molecule has 2 atom stereocenters. The van der Waals surface area contributed by atoms with E-state index in [1.807, 2.05) is 4.90 Å². The van der Waals surface area contributed by atoms with E-state index in [4.69, 9.17) is 13.9 Å². The molecule has 8 nitrogen and oxygen atoms in total. The van der Waals surface area contributed by atoms with Gasteiger partial charge >= 0.3 is 6.01 Å². The van der Waals surface area contributed by atoms with Crippen LogP contribution in [0.4, 0.5) is 6.01 Å². The third-order valence-electron chi connectivity index (χ3n) is 5.09. The molecule has 1 aromatic rings. The highest BCUT2D eigenvalue weighted by atomic mass is 16.5. The Hall–Kier alpha value is -1.67. The number of aromatic nitrogens is 2. The second-order valence-corrected chi connectivity index (χ2v) is 6.92. The highest BCUT2D eigenvalue weighted by Crippen LogP contribution is 2.32. The number of morpholine rings is 1. The van der Waals surface area contributed by atoms with Gasteiger partial charge < -0.3 is 23.7 Å². The number of carbonyl (C=O) groups excluding carboxylic acids is 1. The fourth-order valence-corrected chi connectivity index (χ4v) is 3.93. The normalized spacial score (nSPS) is 31.0. The van der Waals surface area contributed by atoms with Gasteiger partial charge in [-0.25, -0.2) is 0 Å². The summed E-state index contributed by atoms with van der Waals surface area (Å²) in [6, 6.07) is 0.540. The third-order valence-corrected chi connectivity index (χ3v) is 5.09. The first-order chi connectivity index (χ1) is 11.7. The van der Waals surface area contributed by atoms with E-state index in [1.165, 1.54) is 0 Å². The Morgan fingerprint density at radius 3 is 2.88 bits per heavy atom. The second kappa shape index (κ2) is 6.33. The van der Waals surface area contributed by atoms with Gasteiger partial charge in [0.1, 0.15) is 11.7 Å². The molecule has 8 heteroatoms. The minimum atomic E-state index is -0.354. The topological polar surface area (TPSA) is 80.9 Å². The summed E-state index contributed by atoms with van der Waals surface area (Å²) < 4.78 is 17.3. The van der Waals surface area contributed by atoms with Gasteiger partial charge in [-0.3, -0.25) is 4.79 Å². The van der Waals surface area contributed by atoms with Crippen molar-refractivity contribution in [2.45, 2.75) is 44.3 Å². The van der Waals surface area contributed by atoms with Gasteiger partial charge in [-0.15, -0.1) is 5.10 Å². The van der Waals surface area contributed by atoms with Gasteiger partial charge in [0.2, 0.25) is 5.89 Å². The minimum Gasteiger partial charge on any atom is -0.408 e. The number of ether oxygens (including phenoxy) is 2. The van der Waals surface area contributed by atoms with Crippen molar-refractivity contribution in [3.8, 4) is 0 Å². The fraction of sp³-hybridized carbons (Fsp3) is 0.812. The Labute approximate surface area is 141 Å². The molecule has 0 bridgehead atoms. The van der Waals surface area contributed by atoms with Crippen molar-refractivity contribution in [3.63, 3.8) is 0 Å². The molecule has 132 valence electrons. The molecule has 3 fully saturated rings. The zero-order valence-corrected chi connectivity index (χ0v) is 14.1. The number of hydrogen-bond acceptors (Lipinski definition) is 7. The molecule has 0 radical (unpaired) electrons.